The molecule has 6 fully saturated rings. The van der Waals surface area contributed by atoms with Crippen LogP contribution >= 0.6 is 0 Å². The summed E-state index contributed by atoms with van der Waals surface area (Å²) in [6.07, 6.45) is 4.09. The molecular formula is C19H22O6. The Bertz CT molecular complexity index is 671. The van der Waals surface area contributed by atoms with E-state index in [1.807, 2.05) is 0 Å². The van der Waals surface area contributed by atoms with Crippen molar-refractivity contribution < 1.29 is 28.7 Å². The van der Waals surface area contributed by atoms with Gasteiger partial charge in [0.25, 0.3) is 0 Å². The first-order chi connectivity index (χ1) is 12.1. The van der Waals surface area contributed by atoms with Gasteiger partial charge in [-0.1, -0.05) is 0 Å². The summed E-state index contributed by atoms with van der Waals surface area (Å²) in [6.45, 7) is 0. The average Bonchev–Trinajstić information content (AvgIpc) is 3.27. The van der Waals surface area contributed by atoms with E-state index in [0.29, 0.717) is 12.3 Å². The zero-order chi connectivity index (χ0) is 17.5. The molecule has 10 unspecified atom stereocenters. The van der Waals surface area contributed by atoms with E-state index in [1.165, 1.54) is 7.11 Å². The maximum absolute atomic E-state index is 12.4. The average molecular weight is 346 g/mol. The van der Waals surface area contributed by atoms with Crippen LogP contribution in [0.15, 0.2) is 0 Å². The smallest absolute Gasteiger partial charge is 0.317 e. The van der Waals surface area contributed by atoms with Crippen LogP contribution in [0.3, 0.4) is 0 Å². The van der Waals surface area contributed by atoms with Crippen LogP contribution in [0, 0.1) is 59.2 Å². The van der Waals surface area contributed by atoms with Gasteiger partial charge in [0.05, 0.1) is 24.9 Å². The van der Waals surface area contributed by atoms with Gasteiger partial charge in [-0.2, -0.15) is 0 Å². The van der Waals surface area contributed by atoms with Crippen molar-refractivity contribution in [3.05, 3.63) is 0 Å². The van der Waals surface area contributed by atoms with Crippen molar-refractivity contribution in [3.63, 3.8) is 0 Å². The van der Waals surface area contributed by atoms with E-state index >= 15 is 0 Å². The van der Waals surface area contributed by atoms with E-state index in [1.54, 1.807) is 0 Å². The van der Waals surface area contributed by atoms with Gasteiger partial charge in [0.1, 0.15) is 6.29 Å². The minimum Gasteiger partial charge on any atom is -0.469 e. The van der Waals surface area contributed by atoms with Crippen LogP contribution in [-0.4, -0.2) is 31.3 Å². The summed E-state index contributed by atoms with van der Waals surface area (Å²) in [6, 6.07) is 0. The highest BCUT2D eigenvalue weighted by atomic mass is 16.6. The van der Waals surface area contributed by atoms with E-state index in [-0.39, 0.29) is 71.2 Å². The van der Waals surface area contributed by atoms with Crippen molar-refractivity contribution in [1.29, 1.82) is 0 Å². The minimum atomic E-state index is -0.356. The first kappa shape index (κ1) is 15.5. The molecule has 134 valence electrons. The molecular weight excluding hydrogens is 324 g/mol. The fourth-order valence-electron chi connectivity index (χ4n) is 7.77. The molecule has 6 aliphatic rings. The van der Waals surface area contributed by atoms with Gasteiger partial charge >= 0.3 is 17.9 Å². The standard InChI is InChI=1S/C19H22O6/c1-24-17(21)14-7(4-5-20)10-6-11(14)13-9-3-2-8(12(10)13)15-16(9)19(23)25-18(15)22/h5,7-16H,2-4,6H2,1H3. The second kappa shape index (κ2) is 5.15. The summed E-state index contributed by atoms with van der Waals surface area (Å²) in [4.78, 5) is 48.2. The molecule has 0 amide bonds. The predicted octanol–water partition coefficient (Wildman–Crippen LogP) is 1.22. The van der Waals surface area contributed by atoms with Gasteiger partial charge in [0.2, 0.25) is 0 Å². The highest BCUT2D eigenvalue weighted by Gasteiger charge is 2.72. The molecule has 1 saturated heterocycles. The summed E-state index contributed by atoms with van der Waals surface area (Å²) in [7, 11) is 1.40. The van der Waals surface area contributed by atoms with Gasteiger partial charge in [0.15, 0.2) is 0 Å². The zero-order valence-corrected chi connectivity index (χ0v) is 14.1. The maximum Gasteiger partial charge on any atom is 0.317 e. The predicted molar refractivity (Wildman–Crippen MR) is 82.5 cm³/mol. The summed E-state index contributed by atoms with van der Waals surface area (Å²) in [5.74, 6) is -0.367. The molecule has 0 radical (unpaired) electrons. The monoisotopic (exact) mass is 346 g/mol. The molecule has 0 spiro atoms. The number of methoxy groups -OCH3 is 1. The molecule has 5 saturated carbocycles. The molecule has 1 heterocycles. The van der Waals surface area contributed by atoms with Crippen LogP contribution in [0.1, 0.15) is 25.7 Å². The first-order valence-electron chi connectivity index (χ1n) is 9.35. The van der Waals surface area contributed by atoms with Gasteiger partial charge in [-0.25, -0.2) is 0 Å². The number of fused-ring (bicyclic) bond motifs is 3. The quantitative estimate of drug-likeness (QED) is 0.434. The van der Waals surface area contributed by atoms with Crippen LogP contribution in [0.25, 0.3) is 0 Å². The van der Waals surface area contributed by atoms with E-state index in [2.05, 4.69) is 0 Å². The van der Waals surface area contributed by atoms with Gasteiger partial charge in [-0.3, -0.25) is 14.4 Å². The third-order valence-corrected chi connectivity index (χ3v) is 8.17. The number of hydrogen-bond acceptors (Lipinski definition) is 6. The lowest BCUT2D eigenvalue weighted by molar-refractivity contribution is -0.164. The highest BCUT2D eigenvalue weighted by Crippen LogP contribution is 2.71. The van der Waals surface area contributed by atoms with Crippen molar-refractivity contribution in [2.75, 3.05) is 7.11 Å². The number of carbonyl (C=O) groups excluding carboxylic acids is 4. The molecule has 4 bridgehead atoms. The van der Waals surface area contributed by atoms with Crippen LogP contribution in [0.4, 0.5) is 0 Å². The van der Waals surface area contributed by atoms with Crippen LogP contribution in [0.5, 0.6) is 0 Å². The molecule has 25 heavy (non-hydrogen) atoms. The Balaban J connectivity index is 1.55. The molecule has 10 atom stereocenters. The number of esters is 3. The fourth-order valence-corrected chi connectivity index (χ4v) is 7.77. The second-order valence-corrected chi connectivity index (χ2v) is 8.53. The van der Waals surface area contributed by atoms with Crippen LogP contribution in [0.2, 0.25) is 0 Å². The van der Waals surface area contributed by atoms with Crippen molar-refractivity contribution >= 4 is 24.2 Å². The molecule has 6 heteroatoms. The van der Waals surface area contributed by atoms with Crippen molar-refractivity contribution in [2.24, 2.45) is 59.2 Å². The normalized spacial score (nSPS) is 51.9. The maximum atomic E-state index is 12.4. The molecule has 6 rings (SSSR count). The third kappa shape index (κ3) is 1.75. The Morgan fingerprint density at radius 1 is 1.08 bits per heavy atom. The highest BCUT2D eigenvalue weighted by molar-refractivity contribution is 5.97. The SMILES string of the molecule is COC(=O)C1C(CC=O)C2CC1C1C3CCC(C4C(=O)OC(=O)C34)C21. The summed E-state index contributed by atoms with van der Waals surface area (Å²) in [5, 5.41) is 0. The van der Waals surface area contributed by atoms with E-state index in [4.69, 9.17) is 9.47 Å². The Kier molecular flexibility index (Phi) is 3.20. The molecule has 0 aromatic rings. The molecule has 0 aromatic carbocycles. The van der Waals surface area contributed by atoms with Crippen molar-refractivity contribution in [2.45, 2.75) is 25.7 Å². The Hall–Kier alpha value is -1.72. The molecule has 5 aliphatic carbocycles. The largest absolute Gasteiger partial charge is 0.469 e. The van der Waals surface area contributed by atoms with E-state index in [9.17, 15) is 19.2 Å². The van der Waals surface area contributed by atoms with E-state index < -0.39 is 0 Å². The lowest BCUT2D eigenvalue weighted by Crippen LogP contribution is -2.57. The Morgan fingerprint density at radius 2 is 1.68 bits per heavy atom. The zero-order valence-electron chi connectivity index (χ0n) is 14.1. The van der Waals surface area contributed by atoms with Gasteiger partial charge in [-0.05, 0) is 60.7 Å². The number of aldehydes is 1. The van der Waals surface area contributed by atoms with Crippen molar-refractivity contribution in [3.8, 4) is 0 Å². The molecule has 6 nitrogen and oxygen atoms in total. The van der Waals surface area contributed by atoms with Gasteiger partial charge in [-0.15, -0.1) is 0 Å². The molecule has 0 N–H and O–H groups in total. The van der Waals surface area contributed by atoms with Crippen LogP contribution in [-0.2, 0) is 28.7 Å². The van der Waals surface area contributed by atoms with Gasteiger partial charge in [0, 0.05) is 6.42 Å². The number of carbonyl (C=O) groups is 4. The third-order valence-electron chi connectivity index (χ3n) is 8.17. The summed E-state index contributed by atoms with van der Waals surface area (Å²) in [5.41, 5.74) is 0. The Labute approximate surface area is 145 Å². The molecule has 0 aromatic heterocycles. The number of hydrogen-bond donors (Lipinski definition) is 0. The lowest BCUT2D eigenvalue weighted by Gasteiger charge is -2.56. The molecule has 1 aliphatic heterocycles. The minimum absolute atomic E-state index is 0.0159. The topological polar surface area (TPSA) is 86.7 Å². The number of ether oxygens (including phenoxy) is 2. The fraction of sp³-hybridized carbons (Fsp3) is 0.789. The number of cyclic esters (lactones) is 2. The lowest BCUT2D eigenvalue weighted by atomic mass is 9.46. The van der Waals surface area contributed by atoms with Crippen LogP contribution < -0.4 is 0 Å². The summed E-state index contributed by atoms with van der Waals surface area (Å²) < 4.78 is 10.0. The van der Waals surface area contributed by atoms with E-state index in [0.717, 1.165) is 25.5 Å². The first-order valence-corrected chi connectivity index (χ1v) is 9.35. The second-order valence-electron chi connectivity index (χ2n) is 8.53. The Morgan fingerprint density at radius 3 is 2.24 bits per heavy atom. The summed E-state index contributed by atoms with van der Waals surface area (Å²) >= 11 is 0. The van der Waals surface area contributed by atoms with Gasteiger partial charge < -0.3 is 14.3 Å². The van der Waals surface area contributed by atoms with Crippen molar-refractivity contribution in [1.82, 2.24) is 0 Å². The number of rotatable bonds is 3.